The number of piperazine rings is 1. The first-order valence-electron chi connectivity index (χ1n) is 9.39. The van der Waals surface area contributed by atoms with Crippen LogP contribution in [-0.4, -0.2) is 88.8 Å². The largest absolute Gasteiger partial charge is 0.373 e. The van der Waals surface area contributed by atoms with Gasteiger partial charge < -0.3 is 14.2 Å². The highest BCUT2D eigenvalue weighted by atomic mass is 16.5. The average molecular weight is 333 g/mol. The fraction of sp³-hybridized carbons (Fsp3) is 0.833. The molecule has 4 rings (SSSR count). The highest BCUT2D eigenvalue weighted by molar-refractivity contribution is 4.99. The van der Waals surface area contributed by atoms with E-state index >= 15 is 0 Å². The first-order chi connectivity index (χ1) is 11.6. The van der Waals surface area contributed by atoms with Crippen LogP contribution in [0, 0.1) is 0 Å². The summed E-state index contributed by atoms with van der Waals surface area (Å²) in [5, 5.41) is 0. The molecule has 3 aliphatic heterocycles. The topological polar surface area (TPSA) is 36.8 Å². The van der Waals surface area contributed by atoms with Gasteiger partial charge in [-0.05, 0) is 26.3 Å². The number of hydrogen-bond acceptors (Lipinski definition) is 5. The maximum absolute atomic E-state index is 6.38. The molecular weight excluding hydrogens is 302 g/mol. The summed E-state index contributed by atoms with van der Waals surface area (Å²) in [7, 11) is 4.30. The number of imidazole rings is 1. The molecule has 0 aromatic carbocycles. The van der Waals surface area contributed by atoms with E-state index in [1.54, 1.807) is 0 Å². The molecule has 0 amide bonds. The molecule has 3 fully saturated rings. The Morgan fingerprint density at radius 2 is 1.88 bits per heavy atom. The second kappa shape index (κ2) is 6.75. The second-order valence-corrected chi connectivity index (χ2v) is 7.92. The molecule has 0 unspecified atom stereocenters. The number of aryl methyl sites for hydroxylation is 1. The van der Waals surface area contributed by atoms with Crippen LogP contribution in [0.25, 0.3) is 0 Å². The third-order valence-electron chi connectivity index (χ3n) is 6.30. The molecule has 1 aromatic heterocycles. The van der Waals surface area contributed by atoms with Gasteiger partial charge in [-0.15, -0.1) is 0 Å². The first-order valence-corrected chi connectivity index (χ1v) is 9.39. The molecule has 0 radical (unpaired) electrons. The number of aromatic nitrogens is 2. The van der Waals surface area contributed by atoms with Gasteiger partial charge in [0.05, 0.1) is 18.8 Å². The summed E-state index contributed by atoms with van der Waals surface area (Å²) in [5.74, 6) is 1.16. The molecule has 0 N–H and O–H groups in total. The number of ether oxygens (including phenoxy) is 1. The Kier molecular flexibility index (Phi) is 4.64. The molecule has 1 aromatic rings. The normalized spacial score (nSPS) is 29.5. The Balaban J connectivity index is 1.28. The molecule has 3 aliphatic rings. The van der Waals surface area contributed by atoms with Crippen LogP contribution in [0.1, 0.15) is 25.1 Å². The first kappa shape index (κ1) is 16.5. The van der Waals surface area contributed by atoms with Crippen molar-refractivity contribution >= 4 is 0 Å². The van der Waals surface area contributed by atoms with Gasteiger partial charge in [-0.1, -0.05) is 0 Å². The van der Waals surface area contributed by atoms with Crippen LogP contribution >= 0.6 is 0 Å². The second-order valence-electron chi connectivity index (χ2n) is 7.92. The minimum Gasteiger partial charge on any atom is -0.373 e. The maximum atomic E-state index is 6.38. The van der Waals surface area contributed by atoms with Crippen molar-refractivity contribution in [1.82, 2.24) is 24.3 Å². The van der Waals surface area contributed by atoms with Gasteiger partial charge in [0, 0.05) is 64.8 Å². The van der Waals surface area contributed by atoms with Crippen LogP contribution in [-0.2, 0) is 18.3 Å². The molecule has 1 spiro atoms. The quantitative estimate of drug-likeness (QED) is 0.817. The summed E-state index contributed by atoms with van der Waals surface area (Å²) in [6.45, 7) is 8.94. The van der Waals surface area contributed by atoms with Crippen molar-refractivity contribution in [2.75, 3.05) is 52.9 Å². The SMILES string of the molecule is CN1CCN([C@@H]2COC3(CCN(Cc4nccn4C)CC3)C2)CC1. The van der Waals surface area contributed by atoms with Crippen molar-refractivity contribution in [3.8, 4) is 0 Å². The number of nitrogens with zero attached hydrogens (tertiary/aromatic N) is 5. The number of likely N-dealkylation sites (N-methyl/N-ethyl adjacent to an activating group) is 1. The molecule has 4 heterocycles. The van der Waals surface area contributed by atoms with Gasteiger partial charge in [-0.25, -0.2) is 4.98 Å². The Labute approximate surface area is 145 Å². The Bertz CT molecular complexity index is 543. The molecule has 6 heteroatoms. The number of likely N-dealkylation sites (tertiary alicyclic amines) is 1. The predicted molar refractivity (Wildman–Crippen MR) is 93.9 cm³/mol. The van der Waals surface area contributed by atoms with Crippen molar-refractivity contribution in [2.24, 2.45) is 7.05 Å². The van der Waals surface area contributed by atoms with Crippen LogP contribution in [0.2, 0.25) is 0 Å². The molecule has 0 saturated carbocycles. The lowest BCUT2D eigenvalue weighted by Gasteiger charge is -2.39. The predicted octanol–water partition coefficient (Wildman–Crippen LogP) is 0.791. The maximum Gasteiger partial charge on any atom is 0.122 e. The summed E-state index contributed by atoms with van der Waals surface area (Å²) in [4.78, 5) is 12.1. The van der Waals surface area contributed by atoms with E-state index in [1.165, 1.54) is 45.4 Å². The van der Waals surface area contributed by atoms with Crippen molar-refractivity contribution < 1.29 is 4.74 Å². The van der Waals surface area contributed by atoms with E-state index in [4.69, 9.17) is 4.74 Å². The Morgan fingerprint density at radius 1 is 1.12 bits per heavy atom. The van der Waals surface area contributed by atoms with E-state index in [1.807, 2.05) is 12.4 Å². The lowest BCUT2D eigenvalue weighted by Crippen LogP contribution is -2.50. The fourth-order valence-electron chi connectivity index (χ4n) is 4.46. The molecule has 0 bridgehead atoms. The van der Waals surface area contributed by atoms with E-state index in [2.05, 4.69) is 38.3 Å². The summed E-state index contributed by atoms with van der Waals surface area (Å²) < 4.78 is 8.50. The van der Waals surface area contributed by atoms with Gasteiger partial charge in [0.15, 0.2) is 0 Å². The van der Waals surface area contributed by atoms with Crippen molar-refractivity contribution in [2.45, 2.75) is 37.5 Å². The third kappa shape index (κ3) is 3.38. The molecule has 0 aliphatic carbocycles. The lowest BCUT2D eigenvalue weighted by molar-refractivity contribution is -0.0459. The third-order valence-corrected chi connectivity index (χ3v) is 6.30. The monoisotopic (exact) mass is 333 g/mol. The number of piperidine rings is 1. The van der Waals surface area contributed by atoms with Gasteiger partial charge >= 0.3 is 0 Å². The van der Waals surface area contributed by atoms with Gasteiger partial charge in [-0.3, -0.25) is 9.80 Å². The van der Waals surface area contributed by atoms with Gasteiger partial charge in [0.2, 0.25) is 0 Å². The lowest BCUT2D eigenvalue weighted by atomic mass is 9.87. The van der Waals surface area contributed by atoms with Crippen LogP contribution in [0.4, 0.5) is 0 Å². The number of hydrogen-bond donors (Lipinski definition) is 0. The number of rotatable bonds is 3. The standard InChI is InChI=1S/C18H31N5O/c1-20-9-11-23(12-10-20)16-13-18(24-15-16)3-6-22(7-4-18)14-17-19-5-8-21(17)2/h5,8,16H,3-4,6-7,9-15H2,1-2H3/t16-/m0/s1. The zero-order valence-corrected chi connectivity index (χ0v) is 15.2. The van der Waals surface area contributed by atoms with Crippen LogP contribution in [0.5, 0.6) is 0 Å². The minimum absolute atomic E-state index is 0.145. The molecule has 3 saturated heterocycles. The molecular formula is C18H31N5O. The summed E-state index contributed by atoms with van der Waals surface area (Å²) in [6, 6.07) is 0.639. The van der Waals surface area contributed by atoms with E-state index in [0.717, 1.165) is 32.1 Å². The van der Waals surface area contributed by atoms with Gasteiger partial charge in [0.1, 0.15) is 5.82 Å². The Morgan fingerprint density at radius 3 is 2.54 bits per heavy atom. The molecule has 134 valence electrons. The summed E-state index contributed by atoms with van der Waals surface area (Å²) >= 11 is 0. The highest BCUT2D eigenvalue weighted by Crippen LogP contribution is 2.38. The minimum atomic E-state index is 0.145. The fourth-order valence-corrected chi connectivity index (χ4v) is 4.46. The van der Waals surface area contributed by atoms with Crippen molar-refractivity contribution in [1.29, 1.82) is 0 Å². The smallest absolute Gasteiger partial charge is 0.122 e. The van der Waals surface area contributed by atoms with Crippen LogP contribution in [0.3, 0.4) is 0 Å². The Hall–Kier alpha value is -0.950. The average Bonchev–Trinajstić information content (AvgIpc) is 3.18. The molecule has 1 atom stereocenters. The van der Waals surface area contributed by atoms with E-state index in [9.17, 15) is 0 Å². The zero-order valence-electron chi connectivity index (χ0n) is 15.2. The molecule has 6 nitrogen and oxygen atoms in total. The highest BCUT2D eigenvalue weighted by Gasteiger charge is 2.44. The van der Waals surface area contributed by atoms with E-state index in [-0.39, 0.29) is 5.60 Å². The van der Waals surface area contributed by atoms with Crippen LogP contribution < -0.4 is 0 Å². The summed E-state index contributed by atoms with van der Waals surface area (Å²) in [5.41, 5.74) is 0.145. The van der Waals surface area contributed by atoms with Crippen molar-refractivity contribution in [3.63, 3.8) is 0 Å². The van der Waals surface area contributed by atoms with Gasteiger partial charge in [-0.2, -0.15) is 0 Å². The van der Waals surface area contributed by atoms with Crippen molar-refractivity contribution in [3.05, 3.63) is 18.2 Å². The van der Waals surface area contributed by atoms with E-state index in [0.29, 0.717) is 6.04 Å². The molecule has 24 heavy (non-hydrogen) atoms. The van der Waals surface area contributed by atoms with E-state index < -0.39 is 0 Å². The van der Waals surface area contributed by atoms with Crippen LogP contribution in [0.15, 0.2) is 12.4 Å². The van der Waals surface area contributed by atoms with Gasteiger partial charge in [0.25, 0.3) is 0 Å². The zero-order chi connectivity index (χ0) is 16.6. The summed E-state index contributed by atoms with van der Waals surface area (Å²) in [6.07, 6.45) is 7.49.